The first-order valence-electron chi connectivity index (χ1n) is 6.39. The molecule has 2 amide bonds. The molecule has 0 saturated heterocycles. The lowest BCUT2D eigenvalue weighted by molar-refractivity contribution is -0.137. The van der Waals surface area contributed by atoms with E-state index in [4.69, 9.17) is 10.5 Å². The Labute approximate surface area is 122 Å². The third-order valence-electron chi connectivity index (χ3n) is 2.46. The number of ether oxygens (including phenoxy) is 1. The number of esters is 1. The number of pyridine rings is 1. The maximum Gasteiger partial charge on any atom is 0.330 e. The molecule has 0 bridgehead atoms. The molecule has 21 heavy (non-hydrogen) atoms. The van der Waals surface area contributed by atoms with Gasteiger partial charge in [-0.3, -0.25) is 14.6 Å². The van der Waals surface area contributed by atoms with Gasteiger partial charge in [-0.15, -0.1) is 0 Å². The number of primary amides is 1. The van der Waals surface area contributed by atoms with E-state index in [2.05, 4.69) is 10.3 Å². The normalized spacial score (nSPS) is 11.9. The van der Waals surface area contributed by atoms with E-state index in [1.54, 1.807) is 19.1 Å². The molecule has 1 atom stereocenters. The molecule has 1 rings (SSSR count). The minimum atomic E-state index is -0.926. The third kappa shape index (κ3) is 5.85. The van der Waals surface area contributed by atoms with E-state index < -0.39 is 23.8 Å². The Morgan fingerprint density at radius 1 is 1.43 bits per heavy atom. The van der Waals surface area contributed by atoms with Crippen molar-refractivity contribution in [3.63, 3.8) is 0 Å². The maximum atomic E-state index is 11.9. The van der Waals surface area contributed by atoms with Crippen molar-refractivity contribution in [1.82, 2.24) is 10.3 Å². The van der Waals surface area contributed by atoms with E-state index in [0.29, 0.717) is 0 Å². The Balaban J connectivity index is 2.60. The van der Waals surface area contributed by atoms with Crippen LogP contribution in [0.5, 0.6) is 0 Å². The van der Waals surface area contributed by atoms with Crippen molar-refractivity contribution in [3.05, 3.63) is 42.2 Å². The minimum Gasteiger partial charge on any atom is -0.463 e. The Kier molecular flexibility index (Phi) is 6.59. The maximum absolute atomic E-state index is 11.9. The number of hydrogen-bond donors (Lipinski definition) is 2. The molecule has 0 radical (unpaired) electrons. The van der Waals surface area contributed by atoms with E-state index in [0.717, 1.165) is 0 Å². The second-order valence-electron chi connectivity index (χ2n) is 4.03. The van der Waals surface area contributed by atoms with Crippen LogP contribution >= 0.6 is 0 Å². The van der Waals surface area contributed by atoms with Crippen molar-refractivity contribution >= 4 is 17.8 Å². The molecule has 3 N–H and O–H groups in total. The molecule has 1 aromatic heterocycles. The van der Waals surface area contributed by atoms with Crippen molar-refractivity contribution in [2.75, 3.05) is 6.61 Å². The van der Waals surface area contributed by atoms with E-state index >= 15 is 0 Å². The summed E-state index contributed by atoms with van der Waals surface area (Å²) in [5, 5.41) is 2.46. The van der Waals surface area contributed by atoms with Gasteiger partial charge in [0.2, 0.25) is 5.91 Å². The standard InChI is InChI=1S/C14H17N3O4/c1-2-21-12(18)8-5-7-10(13(15)19)17-14(20)11-6-3-4-9-16-11/h3-6,8-10H,2,7H2,1H3,(H2,15,19)(H,17,20)/b8-5+/t10-/m1/s1. The zero-order valence-electron chi connectivity index (χ0n) is 11.6. The largest absolute Gasteiger partial charge is 0.463 e. The van der Waals surface area contributed by atoms with E-state index in [9.17, 15) is 14.4 Å². The fourth-order valence-corrected chi connectivity index (χ4v) is 1.47. The van der Waals surface area contributed by atoms with Crippen LogP contribution in [0, 0.1) is 0 Å². The van der Waals surface area contributed by atoms with Crippen molar-refractivity contribution in [2.45, 2.75) is 19.4 Å². The highest BCUT2D eigenvalue weighted by atomic mass is 16.5. The minimum absolute atomic E-state index is 0.0900. The fraction of sp³-hybridized carbons (Fsp3) is 0.286. The first kappa shape index (κ1) is 16.4. The van der Waals surface area contributed by atoms with Crippen LogP contribution in [-0.2, 0) is 14.3 Å². The van der Waals surface area contributed by atoms with Crippen LogP contribution in [0.1, 0.15) is 23.8 Å². The average molecular weight is 291 g/mol. The molecule has 0 aliphatic carbocycles. The van der Waals surface area contributed by atoms with Gasteiger partial charge < -0.3 is 15.8 Å². The molecule has 7 nitrogen and oxygen atoms in total. The number of carbonyl (C=O) groups is 3. The molecule has 0 spiro atoms. The predicted octanol–water partition coefficient (Wildman–Crippen LogP) is 0.175. The van der Waals surface area contributed by atoms with Gasteiger partial charge >= 0.3 is 5.97 Å². The molecule has 0 aliphatic rings. The quantitative estimate of drug-likeness (QED) is 0.549. The van der Waals surface area contributed by atoms with Crippen LogP contribution < -0.4 is 11.1 Å². The van der Waals surface area contributed by atoms with E-state index in [1.807, 2.05) is 0 Å². The molecule has 0 fully saturated rings. The molecule has 0 unspecified atom stereocenters. The monoisotopic (exact) mass is 291 g/mol. The number of rotatable bonds is 7. The highest BCUT2D eigenvalue weighted by Gasteiger charge is 2.18. The number of nitrogens with zero attached hydrogens (tertiary/aromatic N) is 1. The van der Waals surface area contributed by atoms with Gasteiger partial charge in [-0.2, -0.15) is 0 Å². The molecular weight excluding hydrogens is 274 g/mol. The summed E-state index contributed by atoms with van der Waals surface area (Å²) in [6.45, 7) is 1.95. The van der Waals surface area contributed by atoms with Crippen LogP contribution in [0.4, 0.5) is 0 Å². The smallest absolute Gasteiger partial charge is 0.330 e. The molecule has 0 aromatic carbocycles. The predicted molar refractivity (Wildman–Crippen MR) is 75.1 cm³/mol. The lowest BCUT2D eigenvalue weighted by Gasteiger charge is -2.13. The second-order valence-corrected chi connectivity index (χ2v) is 4.03. The van der Waals surface area contributed by atoms with Crippen molar-refractivity contribution in [3.8, 4) is 0 Å². The highest BCUT2D eigenvalue weighted by molar-refractivity contribution is 5.95. The van der Waals surface area contributed by atoms with Crippen LogP contribution in [0.15, 0.2) is 36.5 Å². The highest BCUT2D eigenvalue weighted by Crippen LogP contribution is 1.99. The molecule has 112 valence electrons. The molecule has 7 heteroatoms. The first-order valence-corrected chi connectivity index (χ1v) is 6.39. The summed E-state index contributed by atoms with van der Waals surface area (Å²) in [4.78, 5) is 38.1. The van der Waals surface area contributed by atoms with E-state index in [-0.39, 0.29) is 18.7 Å². The van der Waals surface area contributed by atoms with Crippen LogP contribution in [-0.4, -0.2) is 35.4 Å². The number of amides is 2. The van der Waals surface area contributed by atoms with Gasteiger partial charge in [0.05, 0.1) is 6.61 Å². The average Bonchev–Trinajstić information content (AvgIpc) is 2.47. The Morgan fingerprint density at radius 2 is 2.19 bits per heavy atom. The van der Waals surface area contributed by atoms with Gasteiger partial charge in [0.25, 0.3) is 5.91 Å². The zero-order valence-corrected chi connectivity index (χ0v) is 11.6. The van der Waals surface area contributed by atoms with Gasteiger partial charge in [0.15, 0.2) is 0 Å². The molecule has 0 aliphatic heterocycles. The van der Waals surface area contributed by atoms with Crippen molar-refractivity contribution in [1.29, 1.82) is 0 Å². The van der Waals surface area contributed by atoms with Gasteiger partial charge in [0, 0.05) is 12.3 Å². The number of hydrogen-bond acceptors (Lipinski definition) is 5. The summed E-state index contributed by atoms with van der Waals surface area (Å²) in [5.41, 5.74) is 5.39. The van der Waals surface area contributed by atoms with Crippen molar-refractivity contribution < 1.29 is 19.1 Å². The number of nitrogens with two attached hydrogens (primary N) is 1. The molecule has 1 heterocycles. The van der Waals surface area contributed by atoms with Crippen LogP contribution in [0.3, 0.4) is 0 Å². The molecular formula is C14H17N3O4. The zero-order chi connectivity index (χ0) is 15.7. The summed E-state index contributed by atoms with van der Waals surface area (Å²) in [6.07, 6.45) is 4.17. The van der Waals surface area contributed by atoms with Gasteiger partial charge in [-0.05, 0) is 25.5 Å². The topological polar surface area (TPSA) is 111 Å². The fourth-order valence-electron chi connectivity index (χ4n) is 1.47. The number of carbonyl (C=O) groups excluding carboxylic acids is 3. The summed E-state index contributed by atoms with van der Waals surface area (Å²) in [5.74, 6) is -1.73. The van der Waals surface area contributed by atoms with Crippen molar-refractivity contribution in [2.24, 2.45) is 5.73 Å². The lowest BCUT2D eigenvalue weighted by atomic mass is 10.1. The number of nitrogens with one attached hydrogen (secondary N) is 1. The van der Waals surface area contributed by atoms with Crippen LogP contribution in [0.2, 0.25) is 0 Å². The lowest BCUT2D eigenvalue weighted by Crippen LogP contribution is -2.44. The summed E-state index contributed by atoms with van der Waals surface area (Å²) in [7, 11) is 0. The Bertz CT molecular complexity index is 528. The number of aromatic nitrogens is 1. The van der Waals surface area contributed by atoms with Gasteiger partial charge in [-0.25, -0.2) is 4.79 Å². The van der Waals surface area contributed by atoms with Crippen LogP contribution in [0.25, 0.3) is 0 Å². The second kappa shape index (κ2) is 8.47. The Morgan fingerprint density at radius 3 is 2.76 bits per heavy atom. The van der Waals surface area contributed by atoms with Gasteiger partial charge in [-0.1, -0.05) is 12.1 Å². The summed E-state index contributed by atoms with van der Waals surface area (Å²) >= 11 is 0. The summed E-state index contributed by atoms with van der Waals surface area (Å²) in [6, 6.07) is 3.92. The SMILES string of the molecule is CCOC(=O)/C=C/C[C@@H](NC(=O)c1ccccn1)C(N)=O. The Hall–Kier alpha value is -2.70. The van der Waals surface area contributed by atoms with E-state index in [1.165, 1.54) is 24.4 Å². The third-order valence-corrected chi connectivity index (χ3v) is 2.46. The van der Waals surface area contributed by atoms with Gasteiger partial charge in [0.1, 0.15) is 11.7 Å². The summed E-state index contributed by atoms with van der Waals surface area (Å²) < 4.78 is 4.70. The molecule has 0 saturated carbocycles. The molecule has 1 aromatic rings. The first-order chi connectivity index (χ1) is 10.0.